The highest BCUT2D eigenvalue weighted by Gasteiger charge is 2.16. The van der Waals surface area contributed by atoms with Crippen molar-refractivity contribution in [2.75, 3.05) is 19.8 Å². The van der Waals surface area contributed by atoms with Crippen molar-refractivity contribution in [1.29, 1.82) is 0 Å². The molecule has 1 aromatic rings. The fourth-order valence-corrected chi connectivity index (χ4v) is 2.02. The fourth-order valence-electron chi connectivity index (χ4n) is 2.02. The van der Waals surface area contributed by atoms with Crippen LogP contribution < -0.4 is 14.8 Å². The molecular formula is C14H19NO2. The lowest BCUT2D eigenvalue weighted by molar-refractivity contribution is 0.171. The van der Waals surface area contributed by atoms with Gasteiger partial charge in [-0.1, -0.05) is 25.1 Å². The van der Waals surface area contributed by atoms with Gasteiger partial charge in [0.05, 0.1) is 6.04 Å². The van der Waals surface area contributed by atoms with E-state index in [2.05, 4.69) is 24.9 Å². The van der Waals surface area contributed by atoms with E-state index in [4.69, 9.17) is 9.47 Å². The Morgan fingerprint density at radius 2 is 2.06 bits per heavy atom. The van der Waals surface area contributed by atoms with Gasteiger partial charge in [-0.05, 0) is 31.2 Å². The highest BCUT2D eigenvalue weighted by Crippen LogP contribution is 2.33. The van der Waals surface area contributed by atoms with E-state index in [9.17, 15) is 0 Å². The molecule has 0 bridgehead atoms. The standard InChI is InChI=1S/C14H19NO2/c1-4-15-14(10(2)3)11-5-6-12-13(9-11)17-8-7-16-12/h5-6,9,14-15H,2,4,7-8H2,1,3H3. The molecular weight excluding hydrogens is 214 g/mol. The first-order chi connectivity index (χ1) is 8.22. The van der Waals surface area contributed by atoms with E-state index in [0.29, 0.717) is 13.2 Å². The molecule has 1 unspecified atom stereocenters. The minimum absolute atomic E-state index is 0.177. The van der Waals surface area contributed by atoms with Crippen molar-refractivity contribution in [2.24, 2.45) is 0 Å². The Bertz CT molecular complexity index is 415. The van der Waals surface area contributed by atoms with Crippen LogP contribution >= 0.6 is 0 Å². The summed E-state index contributed by atoms with van der Waals surface area (Å²) in [5, 5.41) is 3.41. The maximum Gasteiger partial charge on any atom is 0.161 e. The van der Waals surface area contributed by atoms with Crippen molar-refractivity contribution in [3.63, 3.8) is 0 Å². The van der Waals surface area contributed by atoms with Crippen molar-refractivity contribution in [3.05, 3.63) is 35.9 Å². The first-order valence-corrected chi connectivity index (χ1v) is 6.00. The summed E-state index contributed by atoms with van der Waals surface area (Å²) in [5.41, 5.74) is 2.27. The van der Waals surface area contributed by atoms with Crippen LogP contribution in [-0.4, -0.2) is 19.8 Å². The van der Waals surface area contributed by atoms with Gasteiger partial charge in [0.1, 0.15) is 13.2 Å². The molecule has 0 saturated heterocycles. The van der Waals surface area contributed by atoms with Crippen LogP contribution in [-0.2, 0) is 0 Å². The molecule has 1 aliphatic rings. The van der Waals surface area contributed by atoms with Gasteiger partial charge in [-0.15, -0.1) is 0 Å². The van der Waals surface area contributed by atoms with Gasteiger partial charge in [0, 0.05) is 0 Å². The van der Waals surface area contributed by atoms with Crippen LogP contribution in [0.2, 0.25) is 0 Å². The third-order valence-electron chi connectivity index (χ3n) is 2.80. The Morgan fingerprint density at radius 3 is 2.71 bits per heavy atom. The van der Waals surface area contributed by atoms with Gasteiger partial charge in [0.15, 0.2) is 11.5 Å². The van der Waals surface area contributed by atoms with Crippen LogP contribution in [0.15, 0.2) is 30.4 Å². The van der Waals surface area contributed by atoms with Crippen molar-refractivity contribution in [3.8, 4) is 11.5 Å². The van der Waals surface area contributed by atoms with Gasteiger partial charge in [-0.2, -0.15) is 0 Å². The van der Waals surface area contributed by atoms with Crippen molar-refractivity contribution < 1.29 is 9.47 Å². The molecule has 0 fully saturated rings. The van der Waals surface area contributed by atoms with Crippen LogP contribution in [0, 0.1) is 0 Å². The lowest BCUT2D eigenvalue weighted by atomic mass is 10.0. The van der Waals surface area contributed by atoms with Gasteiger partial charge >= 0.3 is 0 Å². The zero-order chi connectivity index (χ0) is 12.3. The predicted molar refractivity (Wildman–Crippen MR) is 68.7 cm³/mol. The quantitative estimate of drug-likeness (QED) is 0.811. The average molecular weight is 233 g/mol. The van der Waals surface area contributed by atoms with Gasteiger partial charge in [0.2, 0.25) is 0 Å². The second-order valence-corrected chi connectivity index (χ2v) is 4.24. The zero-order valence-corrected chi connectivity index (χ0v) is 10.5. The minimum atomic E-state index is 0.177. The second-order valence-electron chi connectivity index (χ2n) is 4.24. The third-order valence-corrected chi connectivity index (χ3v) is 2.80. The van der Waals surface area contributed by atoms with Crippen LogP contribution in [0.3, 0.4) is 0 Å². The Hall–Kier alpha value is -1.48. The first-order valence-electron chi connectivity index (χ1n) is 6.00. The number of hydrogen-bond acceptors (Lipinski definition) is 3. The molecule has 1 atom stereocenters. The van der Waals surface area contributed by atoms with E-state index in [1.807, 2.05) is 19.1 Å². The molecule has 0 saturated carbocycles. The van der Waals surface area contributed by atoms with E-state index in [-0.39, 0.29) is 6.04 Å². The first kappa shape index (κ1) is 12.0. The maximum atomic E-state index is 5.59. The lowest BCUT2D eigenvalue weighted by Gasteiger charge is -2.23. The molecule has 1 N–H and O–H groups in total. The van der Waals surface area contributed by atoms with Crippen molar-refractivity contribution in [2.45, 2.75) is 19.9 Å². The Labute approximate surface area is 102 Å². The molecule has 92 valence electrons. The molecule has 3 nitrogen and oxygen atoms in total. The summed E-state index contributed by atoms with van der Waals surface area (Å²) in [5.74, 6) is 1.66. The minimum Gasteiger partial charge on any atom is -0.486 e. The highest BCUT2D eigenvalue weighted by molar-refractivity contribution is 5.45. The Balaban J connectivity index is 2.28. The normalized spacial score (nSPS) is 15.4. The van der Waals surface area contributed by atoms with Gasteiger partial charge < -0.3 is 14.8 Å². The third kappa shape index (κ3) is 2.61. The number of fused-ring (bicyclic) bond motifs is 1. The van der Waals surface area contributed by atoms with E-state index >= 15 is 0 Å². The molecule has 0 amide bonds. The number of benzene rings is 1. The number of ether oxygens (including phenoxy) is 2. The molecule has 0 spiro atoms. The number of hydrogen-bond donors (Lipinski definition) is 1. The Kier molecular flexibility index (Phi) is 3.69. The molecule has 3 heteroatoms. The molecule has 0 radical (unpaired) electrons. The number of likely N-dealkylation sites (N-methyl/N-ethyl adjacent to an activating group) is 1. The summed E-state index contributed by atoms with van der Waals surface area (Å²) in [6.45, 7) is 10.3. The van der Waals surface area contributed by atoms with Gasteiger partial charge in [-0.3, -0.25) is 0 Å². The molecule has 2 rings (SSSR count). The second kappa shape index (κ2) is 5.23. The summed E-state index contributed by atoms with van der Waals surface area (Å²) in [6, 6.07) is 6.25. The van der Waals surface area contributed by atoms with Crippen LogP contribution in [0.5, 0.6) is 11.5 Å². The number of nitrogens with one attached hydrogen (secondary N) is 1. The van der Waals surface area contributed by atoms with Crippen LogP contribution in [0.25, 0.3) is 0 Å². The lowest BCUT2D eigenvalue weighted by Crippen LogP contribution is -2.22. The molecule has 1 aromatic carbocycles. The van der Waals surface area contributed by atoms with Gasteiger partial charge in [0.25, 0.3) is 0 Å². The van der Waals surface area contributed by atoms with E-state index in [1.54, 1.807) is 0 Å². The maximum absolute atomic E-state index is 5.59. The number of rotatable bonds is 4. The summed E-state index contributed by atoms with van der Waals surface area (Å²) in [7, 11) is 0. The molecule has 0 aromatic heterocycles. The zero-order valence-electron chi connectivity index (χ0n) is 10.5. The van der Waals surface area contributed by atoms with Crippen molar-refractivity contribution in [1.82, 2.24) is 5.32 Å². The van der Waals surface area contributed by atoms with E-state index in [0.717, 1.165) is 23.6 Å². The van der Waals surface area contributed by atoms with Crippen molar-refractivity contribution >= 4 is 0 Å². The SMILES string of the molecule is C=C(C)C(NCC)c1ccc2c(c1)OCCO2. The topological polar surface area (TPSA) is 30.5 Å². The van der Waals surface area contributed by atoms with Crippen LogP contribution in [0.1, 0.15) is 25.5 Å². The Morgan fingerprint density at radius 1 is 1.35 bits per heavy atom. The summed E-state index contributed by atoms with van der Waals surface area (Å²) >= 11 is 0. The fraction of sp³-hybridized carbons (Fsp3) is 0.429. The van der Waals surface area contributed by atoms with Crippen LogP contribution in [0.4, 0.5) is 0 Å². The molecule has 0 aliphatic carbocycles. The highest BCUT2D eigenvalue weighted by atomic mass is 16.6. The summed E-state index contributed by atoms with van der Waals surface area (Å²) < 4.78 is 11.1. The largest absolute Gasteiger partial charge is 0.486 e. The van der Waals surface area contributed by atoms with Gasteiger partial charge in [-0.25, -0.2) is 0 Å². The monoisotopic (exact) mass is 233 g/mol. The summed E-state index contributed by atoms with van der Waals surface area (Å²) in [6.07, 6.45) is 0. The predicted octanol–water partition coefficient (Wildman–Crippen LogP) is 2.68. The molecule has 1 aliphatic heterocycles. The summed E-state index contributed by atoms with van der Waals surface area (Å²) in [4.78, 5) is 0. The molecule has 17 heavy (non-hydrogen) atoms. The van der Waals surface area contributed by atoms with E-state index in [1.165, 1.54) is 5.56 Å². The average Bonchev–Trinajstić information content (AvgIpc) is 2.35. The molecule has 1 heterocycles. The smallest absolute Gasteiger partial charge is 0.161 e. The van der Waals surface area contributed by atoms with E-state index < -0.39 is 0 Å².